The largest absolute Gasteiger partial charge is 0.338 e. The molecule has 4 heteroatoms. The van der Waals surface area contributed by atoms with E-state index in [1.807, 2.05) is 0 Å². The molecule has 0 bridgehead atoms. The summed E-state index contributed by atoms with van der Waals surface area (Å²) >= 11 is 0. The van der Waals surface area contributed by atoms with Crippen molar-refractivity contribution in [2.45, 2.75) is 76.7 Å². The van der Waals surface area contributed by atoms with Crippen LogP contribution in [0.3, 0.4) is 0 Å². The molecule has 1 saturated carbocycles. The maximum atomic E-state index is 6.06. The van der Waals surface area contributed by atoms with Crippen LogP contribution in [0.15, 0.2) is 4.52 Å². The predicted molar refractivity (Wildman–Crippen MR) is 71.2 cm³/mol. The molecular weight excluding hydrogens is 226 g/mol. The fraction of sp³-hybridized carbons (Fsp3) is 0.857. The number of aromatic nitrogens is 2. The molecule has 1 atom stereocenters. The van der Waals surface area contributed by atoms with Gasteiger partial charge < -0.3 is 10.3 Å². The molecule has 1 aromatic rings. The number of hydrogen-bond acceptors (Lipinski definition) is 4. The summed E-state index contributed by atoms with van der Waals surface area (Å²) in [5.41, 5.74) is 6.06. The van der Waals surface area contributed by atoms with E-state index >= 15 is 0 Å². The Morgan fingerprint density at radius 3 is 2.67 bits per heavy atom. The Labute approximate surface area is 109 Å². The molecule has 2 rings (SSSR count). The highest BCUT2D eigenvalue weighted by atomic mass is 16.5. The number of nitrogens with zero attached hydrogens (tertiary/aromatic N) is 2. The molecule has 102 valence electrons. The van der Waals surface area contributed by atoms with E-state index in [1.165, 1.54) is 38.5 Å². The lowest BCUT2D eigenvalue weighted by molar-refractivity contribution is 0.339. The summed E-state index contributed by atoms with van der Waals surface area (Å²) in [5, 5.41) is 4.14. The van der Waals surface area contributed by atoms with Crippen molar-refractivity contribution in [3.8, 4) is 0 Å². The van der Waals surface area contributed by atoms with E-state index in [0.29, 0.717) is 11.8 Å². The van der Waals surface area contributed by atoms with Crippen LogP contribution in [0.1, 0.15) is 88.4 Å². The number of hydrogen-bond donors (Lipinski definition) is 1. The SMILES string of the molecule is CCCC[C@H](N)c1nc(C2CCCCCC2)no1. The summed E-state index contributed by atoms with van der Waals surface area (Å²) in [6.07, 6.45) is 10.9. The Kier molecular flexibility index (Phi) is 5.17. The van der Waals surface area contributed by atoms with E-state index in [-0.39, 0.29) is 6.04 Å². The predicted octanol–water partition coefficient (Wildman–Crippen LogP) is 3.70. The smallest absolute Gasteiger partial charge is 0.243 e. The van der Waals surface area contributed by atoms with E-state index in [1.54, 1.807) is 0 Å². The molecule has 0 amide bonds. The quantitative estimate of drug-likeness (QED) is 0.810. The number of rotatable bonds is 5. The van der Waals surface area contributed by atoms with Crippen molar-refractivity contribution in [1.29, 1.82) is 0 Å². The molecule has 1 aliphatic rings. The molecule has 0 radical (unpaired) electrons. The second-order valence-corrected chi connectivity index (χ2v) is 5.43. The molecule has 1 fully saturated rings. The van der Waals surface area contributed by atoms with Crippen molar-refractivity contribution in [1.82, 2.24) is 10.1 Å². The Hall–Kier alpha value is -0.900. The fourth-order valence-electron chi connectivity index (χ4n) is 2.65. The molecule has 0 saturated heterocycles. The van der Waals surface area contributed by atoms with Crippen molar-refractivity contribution < 1.29 is 4.52 Å². The van der Waals surface area contributed by atoms with Gasteiger partial charge in [-0.25, -0.2) is 0 Å². The van der Waals surface area contributed by atoms with Crippen molar-refractivity contribution in [3.05, 3.63) is 11.7 Å². The van der Waals surface area contributed by atoms with Gasteiger partial charge in [-0.3, -0.25) is 0 Å². The summed E-state index contributed by atoms with van der Waals surface area (Å²) in [7, 11) is 0. The summed E-state index contributed by atoms with van der Waals surface area (Å²) in [6, 6.07) is -0.0861. The summed E-state index contributed by atoms with van der Waals surface area (Å²) in [4.78, 5) is 4.53. The lowest BCUT2D eigenvalue weighted by Gasteiger charge is -2.08. The highest BCUT2D eigenvalue weighted by Gasteiger charge is 2.21. The van der Waals surface area contributed by atoms with E-state index in [9.17, 15) is 0 Å². The number of nitrogens with two attached hydrogens (primary N) is 1. The molecule has 1 aromatic heterocycles. The lowest BCUT2D eigenvalue weighted by Crippen LogP contribution is -2.10. The van der Waals surface area contributed by atoms with Crippen molar-refractivity contribution in [2.24, 2.45) is 5.73 Å². The summed E-state index contributed by atoms with van der Waals surface area (Å²) in [5.74, 6) is 2.00. The first-order valence-corrected chi connectivity index (χ1v) is 7.40. The van der Waals surface area contributed by atoms with E-state index < -0.39 is 0 Å². The Morgan fingerprint density at radius 2 is 2.00 bits per heavy atom. The lowest BCUT2D eigenvalue weighted by atomic mass is 10.00. The van der Waals surface area contributed by atoms with Crippen molar-refractivity contribution >= 4 is 0 Å². The van der Waals surface area contributed by atoms with Crippen LogP contribution in [-0.4, -0.2) is 10.1 Å². The maximum Gasteiger partial charge on any atom is 0.243 e. The van der Waals surface area contributed by atoms with Crippen LogP contribution >= 0.6 is 0 Å². The van der Waals surface area contributed by atoms with E-state index in [2.05, 4.69) is 17.1 Å². The molecule has 0 aromatic carbocycles. The molecule has 1 heterocycles. The van der Waals surface area contributed by atoms with Crippen LogP contribution in [0.2, 0.25) is 0 Å². The molecule has 18 heavy (non-hydrogen) atoms. The molecule has 2 N–H and O–H groups in total. The van der Waals surface area contributed by atoms with E-state index in [4.69, 9.17) is 10.3 Å². The Balaban J connectivity index is 1.95. The summed E-state index contributed by atoms with van der Waals surface area (Å²) < 4.78 is 5.33. The fourth-order valence-corrected chi connectivity index (χ4v) is 2.65. The molecule has 4 nitrogen and oxygen atoms in total. The minimum atomic E-state index is -0.0861. The monoisotopic (exact) mass is 251 g/mol. The third kappa shape index (κ3) is 3.55. The van der Waals surface area contributed by atoms with Gasteiger partial charge in [0.25, 0.3) is 0 Å². The topological polar surface area (TPSA) is 64.9 Å². The van der Waals surface area contributed by atoms with Crippen LogP contribution in [0.4, 0.5) is 0 Å². The average molecular weight is 251 g/mol. The number of unbranched alkanes of at least 4 members (excludes halogenated alkanes) is 1. The van der Waals surface area contributed by atoms with Gasteiger partial charge in [0.15, 0.2) is 5.82 Å². The van der Waals surface area contributed by atoms with Gasteiger partial charge in [-0.05, 0) is 19.3 Å². The zero-order valence-electron chi connectivity index (χ0n) is 11.4. The first-order chi connectivity index (χ1) is 8.81. The minimum absolute atomic E-state index is 0.0861. The normalized spacial score (nSPS) is 19.7. The van der Waals surface area contributed by atoms with Gasteiger partial charge in [0, 0.05) is 5.92 Å². The minimum Gasteiger partial charge on any atom is -0.338 e. The van der Waals surface area contributed by atoms with Crippen LogP contribution in [0.25, 0.3) is 0 Å². The standard InChI is InChI=1S/C14H25N3O/c1-2-3-10-12(15)14-16-13(17-18-14)11-8-6-4-5-7-9-11/h11-12H,2-10,15H2,1H3/t12-/m0/s1. The van der Waals surface area contributed by atoms with Gasteiger partial charge in [-0.1, -0.05) is 50.6 Å². The molecule has 0 unspecified atom stereocenters. The van der Waals surface area contributed by atoms with Crippen LogP contribution in [-0.2, 0) is 0 Å². The maximum absolute atomic E-state index is 6.06. The first kappa shape index (κ1) is 13.5. The van der Waals surface area contributed by atoms with E-state index in [0.717, 1.165) is 25.1 Å². The molecule has 0 aliphatic heterocycles. The van der Waals surface area contributed by atoms with Gasteiger partial charge in [-0.2, -0.15) is 4.98 Å². The Morgan fingerprint density at radius 1 is 1.28 bits per heavy atom. The molecule has 1 aliphatic carbocycles. The summed E-state index contributed by atoms with van der Waals surface area (Å²) in [6.45, 7) is 2.16. The van der Waals surface area contributed by atoms with Gasteiger partial charge in [0.2, 0.25) is 5.89 Å². The zero-order valence-corrected chi connectivity index (χ0v) is 11.4. The highest BCUT2D eigenvalue weighted by molar-refractivity contribution is 4.98. The van der Waals surface area contributed by atoms with Crippen molar-refractivity contribution in [2.75, 3.05) is 0 Å². The second-order valence-electron chi connectivity index (χ2n) is 5.43. The van der Waals surface area contributed by atoms with Crippen LogP contribution in [0, 0.1) is 0 Å². The third-order valence-corrected chi connectivity index (χ3v) is 3.86. The van der Waals surface area contributed by atoms with Gasteiger partial charge in [-0.15, -0.1) is 0 Å². The van der Waals surface area contributed by atoms with Gasteiger partial charge in [0.05, 0.1) is 6.04 Å². The van der Waals surface area contributed by atoms with Gasteiger partial charge in [0.1, 0.15) is 0 Å². The third-order valence-electron chi connectivity index (χ3n) is 3.86. The van der Waals surface area contributed by atoms with Crippen LogP contribution in [0.5, 0.6) is 0 Å². The molecular formula is C14H25N3O. The van der Waals surface area contributed by atoms with Crippen LogP contribution < -0.4 is 5.73 Å². The second kappa shape index (κ2) is 6.88. The average Bonchev–Trinajstić information content (AvgIpc) is 2.72. The highest BCUT2D eigenvalue weighted by Crippen LogP contribution is 2.30. The van der Waals surface area contributed by atoms with Crippen molar-refractivity contribution in [3.63, 3.8) is 0 Å². The first-order valence-electron chi connectivity index (χ1n) is 7.40. The van der Waals surface area contributed by atoms with Gasteiger partial charge >= 0.3 is 0 Å². The molecule has 0 spiro atoms. The Bertz CT molecular complexity index is 343. The zero-order chi connectivity index (χ0) is 12.8.